The van der Waals surface area contributed by atoms with E-state index >= 15 is 0 Å². The third-order valence-corrected chi connectivity index (χ3v) is 1.94. The van der Waals surface area contributed by atoms with Gasteiger partial charge in [-0.1, -0.05) is 30.3 Å². The minimum atomic E-state index is -0.749. The van der Waals surface area contributed by atoms with Crippen LogP contribution in [0.1, 0.15) is 11.6 Å². The highest BCUT2D eigenvalue weighted by atomic mass is 16.5. The predicted molar refractivity (Wildman–Crippen MR) is 53.8 cm³/mol. The van der Waals surface area contributed by atoms with E-state index in [1.807, 2.05) is 37.4 Å². The summed E-state index contributed by atoms with van der Waals surface area (Å²) in [5.74, 6) is 0. The van der Waals surface area contributed by atoms with Crippen LogP contribution in [0.3, 0.4) is 0 Å². The number of nitrogens with two attached hydrogens (primary N) is 1. The maximum absolute atomic E-state index is 10.4. The Kier molecular flexibility index (Phi) is 3.94. The summed E-state index contributed by atoms with van der Waals surface area (Å²) in [5, 5.41) is 3.04. The number of carbonyl (C=O) groups excluding carboxylic acids is 1. The Morgan fingerprint density at radius 2 is 2.14 bits per heavy atom. The van der Waals surface area contributed by atoms with Crippen molar-refractivity contribution >= 4 is 6.09 Å². The third kappa shape index (κ3) is 3.06. The smallest absolute Gasteiger partial charge is 0.404 e. The van der Waals surface area contributed by atoms with Crippen molar-refractivity contribution in [2.24, 2.45) is 5.73 Å². The van der Waals surface area contributed by atoms with Crippen molar-refractivity contribution in [3.8, 4) is 0 Å². The van der Waals surface area contributed by atoms with E-state index in [0.717, 1.165) is 5.56 Å². The summed E-state index contributed by atoms with van der Waals surface area (Å²) in [6.45, 7) is 0.246. The monoisotopic (exact) mass is 194 g/mol. The molecule has 1 aromatic carbocycles. The van der Waals surface area contributed by atoms with Gasteiger partial charge in [0.1, 0.15) is 6.61 Å². The van der Waals surface area contributed by atoms with Crippen molar-refractivity contribution in [2.45, 2.75) is 6.04 Å². The molecule has 1 amide bonds. The minimum absolute atomic E-state index is 0.0105. The fourth-order valence-corrected chi connectivity index (χ4v) is 1.20. The number of primary amides is 1. The van der Waals surface area contributed by atoms with E-state index in [1.165, 1.54) is 0 Å². The van der Waals surface area contributed by atoms with Crippen molar-refractivity contribution in [3.05, 3.63) is 35.9 Å². The summed E-state index contributed by atoms with van der Waals surface area (Å²) in [4.78, 5) is 10.4. The zero-order chi connectivity index (χ0) is 10.4. The van der Waals surface area contributed by atoms with Gasteiger partial charge in [-0.05, 0) is 12.6 Å². The lowest BCUT2D eigenvalue weighted by atomic mass is 10.1. The zero-order valence-electron chi connectivity index (χ0n) is 8.07. The molecule has 0 fully saturated rings. The highest BCUT2D eigenvalue weighted by Crippen LogP contribution is 2.11. The molecule has 0 saturated carbocycles. The number of ether oxygens (including phenoxy) is 1. The Bertz CT molecular complexity index is 287. The Hall–Kier alpha value is -1.55. The summed E-state index contributed by atoms with van der Waals surface area (Å²) >= 11 is 0. The first-order valence-electron chi connectivity index (χ1n) is 4.38. The van der Waals surface area contributed by atoms with Crippen LogP contribution in [-0.4, -0.2) is 19.7 Å². The molecule has 76 valence electrons. The zero-order valence-corrected chi connectivity index (χ0v) is 8.07. The summed E-state index contributed by atoms with van der Waals surface area (Å²) in [6, 6.07) is 9.72. The Labute approximate surface area is 83.1 Å². The van der Waals surface area contributed by atoms with Gasteiger partial charge < -0.3 is 15.8 Å². The first-order valence-corrected chi connectivity index (χ1v) is 4.38. The van der Waals surface area contributed by atoms with Gasteiger partial charge >= 0.3 is 6.09 Å². The van der Waals surface area contributed by atoms with Crippen molar-refractivity contribution < 1.29 is 9.53 Å². The summed E-state index contributed by atoms with van der Waals surface area (Å²) in [7, 11) is 1.81. The number of benzene rings is 1. The van der Waals surface area contributed by atoms with Gasteiger partial charge in [0.05, 0.1) is 6.04 Å². The van der Waals surface area contributed by atoms with Crippen LogP contribution in [0.25, 0.3) is 0 Å². The van der Waals surface area contributed by atoms with E-state index in [0.29, 0.717) is 0 Å². The largest absolute Gasteiger partial charge is 0.448 e. The molecule has 1 aromatic rings. The van der Waals surface area contributed by atoms with E-state index in [4.69, 9.17) is 10.5 Å². The van der Waals surface area contributed by atoms with Gasteiger partial charge in [-0.2, -0.15) is 0 Å². The number of carbonyl (C=O) groups is 1. The molecular weight excluding hydrogens is 180 g/mol. The first-order chi connectivity index (χ1) is 6.74. The van der Waals surface area contributed by atoms with Gasteiger partial charge in [0.2, 0.25) is 0 Å². The van der Waals surface area contributed by atoms with Crippen LogP contribution in [0.2, 0.25) is 0 Å². The molecule has 0 radical (unpaired) electrons. The molecule has 4 nitrogen and oxygen atoms in total. The molecule has 1 rings (SSSR count). The normalized spacial score (nSPS) is 12.1. The van der Waals surface area contributed by atoms with Gasteiger partial charge in [-0.3, -0.25) is 0 Å². The lowest BCUT2D eigenvalue weighted by Gasteiger charge is -2.15. The quantitative estimate of drug-likeness (QED) is 0.752. The highest BCUT2D eigenvalue weighted by Gasteiger charge is 2.09. The Morgan fingerprint density at radius 3 is 2.64 bits per heavy atom. The number of rotatable bonds is 4. The van der Waals surface area contributed by atoms with Crippen LogP contribution in [-0.2, 0) is 4.74 Å². The van der Waals surface area contributed by atoms with E-state index in [-0.39, 0.29) is 12.6 Å². The van der Waals surface area contributed by atoms with Gasteiger partial charge in [-0.25, -0.2) is 4.79 Å². The van der Waals surface area contributed by atoms with Crippen LogP contribution in [0, 0.1) is 0 Å². The van der Waals surface area contributed by atoms with E-state index in [9.17, 15) is 4.79 Å². The van der Waals surface area contributed by atoms with Gasteiger partial charge in [-0.15, -0.1) is 0 Å². The van der Waals surface area contributed by atoms with Gasteiger partial charge in [0.25, 0.3) is 0 Å². The maximum atomic E-state index is 10.4. The van der Waals surface area contributed by atoms with Crippen LogP contribution < -0.4 is 11.1 Å². The summed E-state index contributed by atoms with van der Waals surface area (Å²) in [5.41, 5.74) is 5.95. The topological polar surface area (TPSA) is 64.3 Å². The average molecular weight is 194 g/mol. The third-order valence-electron chi connectivity index (χ3n) is 1.94. The van der Waals surface area contributed by atoms with Gasteiger partial charge in [0.15, 0.2) is 0 Å². The second kappa shape index (κ2) is 5.24. The number of hydrogen-bond donors (Lipinski definition) is 2. The average Bonchev–Trinajstić information content (AvgIpc) is 2.20. The fraction of sp³-hybridized carbons (Fsp3) is 0.300. The molecule has 0 aliphatic heterocycles. The lowest BCUT2D eigenvalue weighted by molar-refractivity contribution is 0.145. The van der Waals surface area contributed by atoms with Crippen molar-refractivity contribution in [1.29, 1.82) is 0 Å². The molecule has 0 heterocycles. The molecule has 0 saturated heterocycles. The molecule has 0 aliphatic carbocycles. The first kappa shape index (κ1) is 10.5. The molecule has 0 bridgehead atoms. The number of hydrogen-bond acceptors (Lipinski definition) is 3. The van der Waals surface area contributed by atoms with Crippen LogP contribution in [0.4, 0.5) is 4.79 Å². The van der Waals surface area contributed by atoms with Crippen molar-refractivity contribution in [1.82, 2.24) is 5.32 Å². The fourth-order valence-electron chi connectivity index (χ4n) is 1.20. The summed E-state index contributed by atoms with van der Waals surface area (Å²) in [6.07, 6.45) is -0.749. The van der Waals surface area contributed by atoms with Crippen LogP contribution in [0.5, 0.6) is 0 Å². The van der Waals surface area contributed by atoms with Crippen molar-refractivity contribution in [2.75, 3.05) is 13.7 Å². The minimum Gasteiger partial charge on any atom is -0.448 e. The highest BCUT2D eigenvalue weighted by molar-refractivity contribution is 5.64. The molecule has 0 spiro atoms. The maximum Gasteiger partial charge on any atom is 0.404 e. The van der Waals surface area contributed by atoms with E-state index in [2.05, 4.69) is 5.32 Å². The SMILES string of the molecule is CNC(COC(N)=O)c1ccccc1. The summed E-state index contributed by atoms with van der Waals surface area (Å²) < 4.78 is 4.73. The molecule has 1 unspecified atom stereocenters. The second-order valence-corrected chi connectivity index (χ2v) is 2.88. The van der Waals surface area contributed by atoms with E-state index in [1.54, 1.807) is 0 Å². The lowest BCUT2D eigenvalue weighted by Crippen LogP contribution is -2.25. The Morgan fingerprint density at radius 1 is 1.50 bits per heavy atom. The molecule has 0 aromatic heterocycles. The van der Waals surface area contributed by atoms with Crippen molar-refractivity contribution in [3.63, 3.8) is 0 Å². The number of amides is 1. The Balaban J connectivity index is 2.58. The second-order valence-electron chi connectivity index (χ2n) is 2.88. The standard InChI is InChI=1S/C10H14N2O2/c1-12-9(7-14-10(11)13)8-5-3-2-4-6-8/h2-6,9,12H,7H2,1H3,(H2,11,13). The molecular formula is C10H14N2O2. The molecule has 4 heteroatoms. The molecule has 1 atom stereocenters. The molecule has 14 heavy (non-hydrogen) atoms. The predicted octanol–water partition coefficient (Wildman–Crippen LogP) is 1.04. The van der Waals surface area contributed by atoms with Crippen LogP contribution in [0.15, 0.2) is 30.3 Å². The number of nitrogens with one attached hydrogen (secondary N) is 1. The van der Waals surface area contributed by atoms with Crippen LogP contribution >= 0.6 is 0 Å². The molecule has 0 aliphatic rings. The number of likely N-dealkylation sites (N-methyl/N-ethyl adjacent to an activating group) is 1. The van der Waals surface area contributed by atoms with E-state index < -0.39 is 6.09 Å². The van der Waals surface area contributed by atoms with Gasteiger partial charge in [0, 0.05) is 0 Å². The molecule has 3 N–H and O–H groups in total.